The quantitative estimate of drug-likeness (QED) is 0.903. The van der Waals surface area contributed by atoms with Gasteiger partial charge in [0.1, 0.15) is 0 Å². The van der Waals surface area contributed by atoms with Crippen molar-refractivity contribution in [1.82, 2.24) is 4.90 Å². The first-order valence-electron chi connectivity index (χ1n) is 6.07. The average Bonchev–Trinajstić information content (AvgIpc) is 2.87. The van der Waals surface area contributed by atoms with Crippen molar-refractivity contribution in [2.75, 3.05) is 7.05 Å². The molecule has 0 aliphatic rings. The molecule has 102 valence electrons. The maximum absolute atomic E-state index is 11.0. The molecule has 0 aliphatic carbocycles. The molecule has 5 nitrogen and oxygen atoms in total. The zero-order chi connectivity index (χ0) is 14.5. The van der Waals surface area contributed by atoms with Crippen molar-refractivity contribution in [1.29, 1.82) is 5.26 Å². The lowest BCUT2D eigenvalue weighted by Gasteiger charge is -2.16. The number of carboxylic acids is 1. The molecular formula is C15H14N2O3. The van der Waals surface area contributed by atoms with Gasteiger partial charge in [-0.1, -0.05) is 12.1 Å². The van der Waals surface area contributed by atoms with Crippen molar-refractivity contribution in [2.45, 2.75) is 13.1 Å². The van der Waals surface area contributed by atoms with Crippen LogP contribution in [0.2, 0.25) is 0 Å². The van der Waals surface area contributed by atoms with Crippen LogP contribution in [-0.4, -0.2) is 23.0 Å². The molecule has 2 rings (SSSR count). The molecule has 0 fully saturated rings. The number of nitriles is 1. The van der Waals surface area contributed by atoms with Crippen molar-refractivity contribution in [3.05, 3.63) is 59.0 Å². The number of furan rings is 1. The molecule has 0 amide bonds. The van der Waals surface area contributed by atoms with E-state index >= 15 is 0 Å². The van der Waals surface area contributed by atoms with Gasteiger partial charge in [-0.15, -0.1) is 0 Å². The summed E-state index contributed by atoms with van der Waals surface area (Å²) in [5.74, 6) is -1.09. The molecule has 20 heavy (non-hydrogen) atoms. The van der Waals surface area contributed by atoms with Crippen LogP contribution in [-0.2, 0) is 13.1 Å². The van der Waals surface area contributed by atoms with E-state index in [9.17, 15) is 4.79 Å². The minimum absolute atomic E-state index is 0.0253. The molecule has 1 heterocycles. The highest BCUT2D eigenvalue weighted by atomic mass is 16.4. The number of nitrogens with zero attached hydrogens (tertiary/aromatic N) is 2. The summed E-state index contributed by atoms with van der Waals surface area (Å²) in [6, 6.07) is 11.1. The molecule has 2 aromatic rings. The Morgan fingerprint density at radius 2 is 2.20 bits per heavy atom. The van der Waals surface area contributed by atoms with Crippen LogP contribution in [0.25, 0.3) is 0 Å². The molecule has 0 atom stereocenters. The first kappa shape index (κ1) is 13.8. The van der Waals surface area contributed by atoms with Gasteiger partial charge in [0.05, 0.1) is 17.9 Å². The fourth-order valence-electron chi connectivity index (χ4n) is 2.05. The monoisotopic (exact) mass is 270 g/mol. The summed E-state index contributed by atoms with van der Waals surface area (Å²) in [6.45, 7) is 1.09. The largest absolute Gasteiger partial charge is 0.475 e. The molecule has 0 spiro atoms. The fourth-order valence-corrected chi connectivity index (χ4v) is 2.05. The van der Waals surface area contributed by atoms with Crippen molar-refractivity contribution < 1.29 is 14.3 Å². The molecule has 0 unspecified atom stereocenters. The normalized spacial score (nSPS) is 10.4. The van der Waals surface area contributed by atoms with E-state index in [0.29, 0.717) is 24.2 Å². The number of carbonyl (C=O) groups is 1. The first-order chi connectivity index (χ1) is 9.60. The Labute approximate surface area is 116 Å². The average molecular weight is 270 g/mol. The predicted molar refractivity (Wildman–Crippen MR) is 72.0 cm³/mol. The summed E-state index contributed by atoms with van der Waals surface area (Å²) in [7, 11) is 1.89. The molecule has 1 aromatic heterocycles. The Kier molecular flexibility index (Phi) is 4.18. The van der Waals surface area contributed by atoms with Crippen molar-refractivity contribution in [3.8, 4) is 6.07 Å². The summed E-state index contributed by atoms with van der Waals surface area (Å²) < 4.78 is 4.94. The summed E-state index contributed by atoms with van der Waals surface area (Å²) in [6.07, 6.45) is 1.38. The fraction of sp³-hybridized carbons (Fsp3) is 0.200. The van der Waals surface area contributed by atoms with Gasteiger partial charge in [-0.3, -0.25) is 4.90 Å². The van der Waals surface area contributed by atoms with Crippen molar-refractivity contribution in [2.24, 2.45) is 0 Å². The van der Waals surface area contributed by atoms with E-state index in [-0.39, 0.29) is 5.76 Å². The molecule has 0 saturated heterocycles. The van der Waals surface area contributed by atoms with Crippen LogP contribution >= 0.6 is 0 Å². The van der Waals surface area contributed by atoms with E-state index in [0.717, 1.165) is 5.56 Å². The molecule has 1 N–H and O–H groups in total. The second-order valence-electron chi connectivity index (χ2n) is 4.56. The van der Waals surface area contributed by atoms with E-state index in [1.807, 2.05) is 30.1 Å². The number of aromatic carboxylic acids is 1. The van der Waals surface area contributed by atoms with Gasteiger partial charge in [0.25, 0.3) is 0 Å². The Morgan fingerprint density at radius 1 is 1.40 bits per heavy atom. The van der Waals surface area contributed by atoms with Gasteiger partial charge >= 0.3 is 5.97 Å². The topological polar surface area (TPSA) is 77.5 Å². The number of rotatable bonds is 5. The molecule has 0 bridgehead atoms. The van der Waals surface area contributed by atoms with Crippen LogP contribution in [0.1, 0.15) is 27.2 Å². The van der Waals surface area contributed by atoms with Gasteiger partial charge in [0, 0.05) is 18.7 Å². The first-order valence-corrected chi connectivity index (χ1v) is 6.07. The van der Waals surface area contributed by atoms with Crippen molar-refractivity contribution in [3.63, 3.8) is 0 Å². The van der Waals surface area contributed by atoms with Crippen LogP contribution < -0.4 is 0 Å². The highest BCUT2D eigenvalue weighted by molar-refractivity contribution is 5.86. The second kappa shape index (κ2) is 6.04. The zero-order valence-corrected chi connectivity index (χ0v) is 11.0. The summed E-state index contributed by atoms with van der Waals surface area (Å²) in [5.41, 5.74) is 2.26. The van der Waals surface area contributed by atoms with Gasteiger partial charge in [0.2, 0.25) is 5.76 Å². The van der Waals surface area contributed by atoms with Gasteiger partial charge in [-0.2, -0.15) is 5.26 Å². The van der Waals surface area contributed by atoms with Gasteiger partial charge in [-0.25, -0.2) is 4.79 Å². The maximum Gasteiger partial charge on any atom is 0.372 e. The molecule has 0 radical (unpaired) electrons. The summed E-state index contributed by atoms with van der Waals surface area (Å²) in [5, 5.41) is 17.8. The Morgan fingerprint density at radius 3 is 2.90 bits per heavy atom. The minimum atomic E-state index is -1.06. The van der Waals surface area contributed by atoms with Gasteiger partial charge in [-0.05, 0) is 30.8 Å². The van der Waals surface area contributed by atoms with Crippen LogP contribution in [0.4, 0.5) is 0 Å². The lowest BCUT2D eigenvalue weighted by atomic mass is 10.1. The molecule has 5 heteroatoms. The molecule has 0 aliphatic heterocycles. The van der Waals surface area contributed by atoms with Crippen LogP contribution in [0, 0.1) is 11.3 Å². The van der Waals surface area contributed by atoms with E-state index in [4.69, 9.17) is 14.8 Å². The smallest absolute Gasteiger partial charge is 0.372 e. The molecular weight excluding hydrogens is 256 g/mol. The highest BCUT2D eigenvalue weighted by Crippen LogP contribution is 2.14. The lowest BCUT2D eigenvalue weighted by molar-refractivity contribution is 0.0659. The second-order valence-corrected chi connectivity index (χ2v) is 4.56. The third-order valence-corrected chi connectivity index (χ3v) is 2.89. The van der Waals surface area contributed by atoms with Crippen LogP contribution in [0.5, 0.6) is 0 Å². The lowest BCUT2D eigenvalue weighted by Crippen LogP contribution is -2.18. The predicted octanol–water partition coefficient (Wildman–Crippen LogP) is 2.48. The summed E-state index contributed by atoms with van der Waals surface area (Å²) >= 11 is 0. The van der Waals surface area contributed by atoms with Gasteiger partial charge in [0.15, 0.2) is 0 Å². The Bertz CT molecular complexity index is 655. The van der Waals surface area contributed by atoms with Crippen LogP contribution in [0.15, 0.2) is 41.0 Å². The third-order valence-electron chi connectivity index (χ3n) is 2.89. The van der Waals surface area contributed by atoms with E-state index in [1.54, 1.807) is 12.1 Å². The minimum Gasteiger partial charge on any atom is -0.475 e. The molecule has 1 aromatic carbocycles. The standard InChI is InChI=1S/C15H14N2O3/c1-17(9-12-4-2-3-11(7-12)8-16)10-13-5-6-20-14(13)15(18)19/h2-7H,9-10H2,1H3,(H,18,19). The number of carboxylic acid groups (broad SMARTS) is 1. The van der Waals surface area contributed by atoms with Crippen molar-refractivity contribution >= 4 is 5.97 Å². The van der Waals surface area contributed by atoms with Gasteiger partial charge < -0.3 is 9.52 Å². The number of hydrogen-bond donors (Lipinski definition) is 1. The summed E-state index contributed by atoms with van der Waals surface area (Å²) in [4.78, 5) is 12.9. The van der Waals surface area contributed by atoms with Crippen LogP contribution in [0.3, 0.4) is 0 Å². The number of hydrogen-bond acceptors (Lipinski definition) is 4. The van der Waals surface area contributed by atoms with E-state index in [1.165, 1.54) is 6.26 Å². The third kappa shape index (κ3) is 3.25. The number of benzene rings is 1. The van der Waals surface area contributed by atoms with E-state index < -0.39 is 5.97 Å². The SMILES string of the molecule is CN(Cc1cccc(C#N)c1)Cc1ccoc1C(=O)O. The van der Waals surface area contributed by atoms with E-state index in [2.05, 4.69) is 6.07 Å². The molecule has 0 saturated carbocycles. The Hall–Kier alpha value is -2.58. The highest BCUT2D eigenvalue weighted by Gasteiger charge is 2.15. The zero-order valence-electron chi connectivity index (χ0n) is 11.0. The Balaban J connectivity index is 2.05. The maximum atomic E-state index is 11.0.